The molecule has 3 N–H and O–H groups in total. The first-order chi connectivity index (χ1) is 21.9. The van der Waals surface area contributed by atoms with Crippen LogP contribution in [0.25, 0.3) is 0 Å². The van der Waals surface area contributed by atoms with E-state index in [1.807, 2.05) is 23.5 Å². The van der Waals surface area contributed by atoms with E-state index < -0.39 is 5.97 Å². The number of hydrogen-bond acceptors (Lipinski definition) is 5. The minimum Gasteiger partial charge on any atom is -0.480 e. The summed E-state index contributed by atoms with van der Waals surface area (Å²) >= 11 is 1.82. The molecule has 1 heterocycles. The van der Waals surface area contributed by atoms with Crippen molar-refractivity contribution in [1.29, 1.82) is 0 Å². The Morgan fingerprint density at radius 2 is 1.51 bits per heavy atom. The first-order valence-corrected chi connectivity index (χ1v) is 18.4. The van der Waals surface area contributed by atoms with Crippen LogP contribution in [0, 0.1) is 0 Å². The van der Waals surface area contributed by atoms with Crippen LogP contribution < -0.4 is 10.6 Å². The molecule has 2 aromatic rings. The van der Waals surface area contributed by atoms with Crippen LogP contribution in [-0.2, 0) is 33.6 Å². The van der Waals surface area contributed by atoms with Crippen LogP contribution in [0.4, 0.5) is 5.69 Å². The minimum atomic E-state index is -0.969. The highest BCUT2D eigenvalue weighted by Gasteiger charge is 2.28. The highest BCUT2D eigenvalue weighted by molar-refractivity contribution is 7.09. The number of amides is 2. The number of hydrogen-bond donors (Lipinski definition) is 2. The van der Waals surface area contributed by atoms with Gasteiger partial charge in [-0.2, -0.15) is 0 Å². The van der Waals surface area contributed by atoms with Crippen molar-refractivity contribution in [2.75, 3.05) is 24.5 Å². The van der Waals surface area contributed by atoms with E-state index in [1.165, 1.54) is 60.3 Å². The zero-order valence-electron chi connectivity index (χ0n) is 27.6. The number of rotatable bonds is 24. The Balaban J connectivity index is 1.42. The Morgan fingerprint density at radius 3 is 2.09 bits per heavy atom. The zero-order chi connectivity index (χ0) is 32.3. The van der Waals surface area contributed by atoms with Crippen LogP contribution in [-0.4, -0.2) is 53.5 Å². The van der Waals surface area contributed by atoms with Gasteiger partial charge < -0.3 is 15.7 Å². The molecule has 8 heteroatoms. The molecule has 1 aliphatic carbocycles. The summed E-state index contributed by atoms with van der Waals surface area (Å²) in [6.07, 6.45) is 19.4. The number of fused-ring (bicyclic) bond motifs is 1. The van der Waals surface area contributed by atoms with Crippen LogP contribution >= 0.6 is 11.3 Å². The van der Waals surface area contributed by atoms with Crippen molar-refractivity contribution in [1.82, 2.24) is 4.90 Å². The SMILES string of the molecule is CCCN(CCc1cccs1)[C@H]1CCc2c(cccc2N(CC(=O)O)C(=O)CCCCCCCCCCCCCCC(N)=O)C1. The average molecular weight is 640 g/mol. The molecule has 250 valence electrons. The highest BCUT2D eigenvalue weighted by atomic mass is 32.1. The molecule has 3 rings (SSSR count). The summed E-state index contributed by atoms with van der Waals surface area (Å²) in [6.45, 7) is 4.09. The van der Waals surface area contributed by atoms with Gasteiger partial charge in [-0.1, -0.05) is 89.3 Å². The lowest BCUT2D eigenvalue weighted by Crippen LogP contribution is -2.42. The third-order valence-electron chi connectivity index (χ3n) is 9.13. The van der Waals surface area contributed by atoms with E-state index in [4.69, 9.17) is 5.73 Å². The van der Waals surface area contributed by atoms with E-state index in [9.17, 15) is 19.5 Å². The molecule has 0 bridgehead atoms. The molecule has 0 saturated carbocycles. The number of carbonyl (C=O) groups excluding carboxylic acids is 2. The van der Waals surface area contributed by atoms with E-state index in [-0.39, 0.29) is 18.4 Å². The summed E-state index contributed by atoms with van der Waals surface area (Å²) in [6, 6.07) is 10.9. The highest BCUT2D eigenvalue weighted by Crippen LogP contribution is 2.33. The van der Waals surface area contributed by atoms with Gasteiger partial charge in [0.05, 0.1) is 0 Å². The molecule has 1 aromatic carbocycles. The van der Waals surface area contributed by atoms with E-state index >= 15 is 0 Å². The van der Waals surface area contributed by atoms with Gasteiger partial charge in [0.2, 0.25) is 11.8 Å². The van der Waals surface area contributed by atoms with Gasteiger partial charge in [0, 0.05) is 36.0 Å². The number of carboxylic acids is 1. The molecule has 0 radical (unpaired) electrons. The number of benzene rings is 1. The number of carbonyl (C=O) groups is 3. The van der Waals surface area contributed by atoms with Crippen LogP contribution in [0.3, 0.4) is 0 Å². The molecular formula is C37H57N3O4S. The van der Waals surface area contributed by atoms with E-state index in [0.29, 0.717) is 18.9 Å². The first kappa shape index (κ1) is 36.8. The Hall–Kier alpha value is -2.71. The number of aliphatic carboxylic acids is 1. The fraction of sp³-hybridized carbons (Fsp3) is 0.649. The summed E-state index contributed by atoms with van der Waals surface area (Å²) in [5.74, 6) is -1.24. The van der Waals surface area contributed by atoms with Gasteiger partial charge in [-0.25, -0.2) is 0 Å². The Bertz CT molecular complexity index is 1150. The third kappa shape index (κ3) is 13.7. The molecule has 0 aliphatic heterocycles. The normalized spacial score (nSPS) is 14.4. The molecule has 1 aromatic heterocycles. The first-order valence-electron chi connectivity index (χ1n) is 17.6. The largest absolute Gasteiger partial charge is 0.480 e. The standard InChI is InChI=1S/C37H57N3O4S/c1-2-25-39(26-24-32-18-16-27-45-32)31-22-23-33-30(28-31)17-15-19-34(33)40(29-37(43)44)36(42)21-14-12-10-8-6-4-3-5-7-9-11-13-20-35(38)41/h15-19,27,31H,2-14,20-26,28-29H2,1H3,(H2,38,41)(H,43,44)/t31-/m0/s1. The van der Waals surface area contributed by atoms with Gasteiger partial charge in [0.25, 0.3) is 0 Å². The monoisotopic (exact) mass is 639 g/mol. The van der Waals surface area contributed by atoms with Gasteiger partial charge in [0.1, 0.15) is 6.54 Å². The zero-order valence-corrected chi connectivity index (χ0v) is 28.5. The second-order valence-corrected chi connectivity index (χ2v) is 13.8. The molecule has 0 fully saturated rings. The average Bonchev–Trinajstić information content (AvgIpc) is 3.55. The maximum absolute atomic E-state index is 13.4. The van der Waals surface area contributed by atoms with E-state index in [1.54, 1.807) is 0 Å². The lowest BCUT2D eigenvalue weighted by Gasteiger charge is -2.36. The summed E-state index contributed by atoms with van der Waals surface area (Å²) in [5.41, 5.74) is 8.39. The van der Waals surface area contributed by atoms with Crippen LogP contribution in [0.1, 0.15) is 126 Å². The number of nitrogens with two attached hydrogens (primary N) is 1. The number of thiophene rings is 1. The summed E-state index contributed by atoms with van der Waals surface area (Å²) in [5, 5.41) is 11.8. The summed E-state index contributed by atoms with van der Waals surface area (Å²) < 4.78 is 0. The fourth-order valence-electron chi connectivity index (χ4n) is 6.73. The van der Waals surface area contributed by atoms with Crippen molar-refractivity contribution < 1.29 is 19.5 Å². The number of primary amides is 1. The number of nitrogens with zero attached hydrogens (tertiary/aromatic N) is 2. The van der Waals surface area contributed by atoms with Crippen LogP contribution in [0.15, 0.2) is 35.7 Å². The van der Waals surface area contributed by atoms with Crippen molar-refractivity contribution in [3.63, 3.8) is 0 Å². The fourth-order valence-corrected chi connectivity index (χ4v) is 7.42. The Kier molecular flexibility index (Phi) is 17.3. The van der Waals surface area contributed by atoms with Crippen molar-refractivity contribution >= 4 is 34.8 Å². The summed E-state index contributed by atoms with van der Waals surface area (Å²) in [4.78, 5) is 41.6. The molecule has 1 atom stereocenters. The van der Waals surface area contributed by atoms with E-state index in [0.717, 1.165) is 88.5 Å². The van der Waals surface area contributed by atoms with Crippen molar-refractivity contribution in [2.24, 2.45) is 5.73 Å². The van der Waals surface area contributed by atoms with Gasteiger partial charge in [0.15, 0.2) is 0 Å². The quantitative estimate of drug-likeness (QED) is 0.114. The van der Waals surface area contributed by atoms with Crippen molar-refractivity contribution in [2.45, 2.75) is 135 Å². The number of carboxylic acid groups (broad SMARTS) is 1. The summed E-state index contributed by atoms with van der Waals surface area (Å²) in [7, 11) is 0. The Labute approximate surface area is 275 Å². The van der Waals surface area contributed by atoms with Gasteiger partial charge >= 0.3 is 5.97 Å². The van der Waals surface area contributed by atoms with Crippen LogP contribution in [0.2, 0.25) is 0 Å². The minimum absolute atomic E-state index is 0.0766. The van der Waals surface area contributed by atoms with Gasteiger partial charge in [-0.05, 0) is 80.1 Å². The lowest BCUT2D eigenvalue weighted by molar-refractivity contribution is -0.136. The molecule has 45 heavy (non-hydrogen) atoms. The maximum atomic E-state index is 13.4. The van der Waals surface area contributed by atoms with Crippen molar-refractivity contribution in [3.05, 3.63) is 51.7 Å². The predicted octanol–water partition coefficient (Wildman–Crippen LogP) is 7.92. The second kappa shape index (κ2) is 21.2. The van der Waals surface area contributed by atoms with Crippen LogP contribution in [0.5, 0.6) is 0 Å². The molecular weight excluding hydrogens is 582 g/mol. The predicted molar refractivity (Wildman–Crippen MR) is 186 cm³/mol. The topological polar surface area (TPSA) is 104 Å². The van der Waals surface area contributed by atoms with Crippen molar-refractivity contribution in [3.8, 4) is 0 Å². The lowest BCUT2D eigenvalue weighted by atomic mass is 9.85. The molecule has 0 saturated heterocycles. The Morgan fingerprint density at radius 1 is 0.867 bits per heavy atom. The van der Waals surface area contributed by atoms with Gasteiger partial charge in [-0.15, -0.1) is 11.3 Å². The van der Waals surface area contributed by atoms with Gasteiger partial charge in [-0.3, -0.25) is 19.3 Å². The number of unbranched alkanes of at least 4 members (excludes halogenated alkanes) is 11. The number of anilines is 1. The maximum Gasteiger partial charge on any atom is 0.323 e. The third-order valence-corrected chi connectivity index (χ3v) is 10.1. The smallest absolute Gasteiger partial charge is 0.323 e. The molecule has 0 unspecified atom stereocenters. The van der Waals surface area contributed by atoms with E-state index in [2.05, 4.69) is 35.4 Å². The molecule has 2 amide bonds. The molecule has 7 nitrogen and oxygen atoms in total. The molecule has 1 aliphatic rings. The molecule has 0 spiro atoms. The second-order valence-electron chi connectivity index (χ2n) is 12.8.